The van der Waals surface area contributed by atoms with Gasteiger partial charge in [-0.15, -0.1) is 0 Å². The van der Waals surface area contributed by atoms with E-state index in [-0.39, 0.29) is 12.8 Å². The summed E-state index contributed by atoms with van der Waals surface area (Å²) in [6.45, 7) is 0.844. The van der Waals surface area contributed by atoms with Crippen LogP contribution >= 0.6 is 7.37 Å². The predicted molar refractivity (Wildman–Crippen MR) is 106 cm³/mol. The number of nitrogens with one attached hydrogen (secondary N) is 1. The molecule has 1 fully saturated rings. The zero-order valence-electron chi connectivity index (χ0n) is 15.6. The number of carbonyl (C=O) groups excluding carboxylic acids is 2. The van der Waals surface area contributed by atoms with Crippen molar-refractivity contribution in [2.75, 3.05) is 12.7 Å². The van der Waals surface area contributed by atoms with Gasteiger partial charge in [0.15, 0.2) is 0 Å². The van der Waals surface area contributed by atoms with Crippen LogP contribution in [-0.2, 0) is 36.2 Å². The van der Waals surface area contributed by atoms with E-state index in [1.165, 1.54) is 0 Å². The molecule has 1 unspecified atom stereocenters. The molecule has 1 N–H and O–H groups in total. The zero-order chi connectivity index (χ0) is 19.8. The first-order valence-corrected chi connectivity index (χ1v) is 11.3. The molecule has 1 heterocycles. The fraction of sp³-hybridized carbons (Fsp3) is 0.333. The normalized spacial score (nSPS) is 18.4. The molecule has 1 aliphatic heterocycles. The van der Waals surface area contributed by atoms with Gasteiger partial charge in [0.2, 0.25) is 7.37 Å². The lowest BCUT2D eigenvalue weighted by Gasteiger charge is -2.18. The maximum atomic E-state index is 13.4. The van der Waals surface area contributed by atoms with Gasteiger partial charge in [0.25, 0.3) is 0 Å². The van der Waals surface area contributed by atoms with Crippen molar-refractivity contribution in [3.8, 4) is 0 Å². The summed E-state index contributed by atoms with van der Waals surface area (Å²) in [7, 11) is -3.40. The van der Waals surface area contributed by atoms with Gasteiger partial charge in [0.1, 0.15) is 12.2 Å². The highest BCUT2D eigenvalue weighted by molar-refractivity contribution is 7.59. The molecule has 0 saturated carbocycles. The number of hydrogen-bond acceptors (Lipinski definition) is 6. The summed E-state index contributed by atoms with van der Waals surface area (Å²) in [4.78, 5) is 24.3. The van der Waals surface area contributed by atoms with Crippen molar-refractivity contribution in [2.45, 2.75) is 31.7 Å². The molecule has 2 aromatic rings. The smallest absolute Gasteiger partial charge is 0.330 e. The summed E-state index contributed by atoms with van der Waals surface area (Å²) in [5.41, 5.74) is 1.66. The first kappa shape index (κ1) is 20.5. The van der Waals surface area contributed by atoms with Gasteiger partial charge < -0.3 is 14.6 Å². The Hall–Kier alpha value is -2.27. The molecule has 1 aliphatic rings. The van der Waals surface area contributed by atoms with Crippen molar-refractivity contribution < 1.29 is 23.4 Å². The minimum absolute atomic E-state index is 0.103. The zero-order valence-corrected chi connectivity index (χ0v) is 16.5. The standard InChI is InChI=1S/C21H24NO5P/c23-20(27-21(24)19-12-7-13-22-19)16-28(25,15-18-10-5-2-6-11-18)26-14-17-8-3-1-4-9-17/h1-6,8-11,19,22H,7,12-16H2/t19-,28?/m0/s1. The average molecular weight is 401 g/mol. The van der Waals surface area contributed by atoms with Gasteiger partial charge in [0.05, 0.1) is 12.8 Å². The van der Waals surface area contributed by atoms with Gasteiger partial charge in [-0.25, -0.2) is 4.79 Å². The third-order valence-electron chi connectivity index (χ3n) is 4.50. The minimum atomic E-state index is -3.40. The Kier molecular flexibility index (Phi) is 7.15. The maximum Gasteiger partial charge on any atom is 0.330 e. The van der Waals surface area contributed by atoms with Crippen molar-refractivity contribution >= 4 is 19.3 Å². The lowest BCUT2D eigenvalue weighted by Crippen LogP contribution is -2.34. The molecule has 0 bridgehead atoms. The second-order valence-corrected chi connectivity index (χ2v) is 9.34. The molecule has 1 saturated heterocycles. The van der Waals surface area contributed by atoms with E-state index in [1.807, 2.05) is 60.7 Å². The van der Waals surface area contributed by atoms with E-state index in [4.69, 9.17) is 9.26 Å². The van der Waals surface area contributed by atoms with Crippen LogP contribution in [0.4, 0.5) is 0 Å². The molecule has 0 radical (unpaired) electrons. The number of hydrogen-bond donors (Lipinski definition) is 1. The Morgan fingerprint density at radius 1 is 1.00 bits per heavy atom. The minimum Gasteiger partial charge on any atom is -0.392 e. The molecule has 7 heteroatoms. The summed E-state index contributed by atoms with van der Waals surface area (Å²) in [5, 5.41) is 2.98. The summed E-state index contributed by atoms with van der Waals surface area (Å²) in [6.07, 6.45) is 1.16. The molecule has 148 valence electrons. The lowest BCUT2D eigenvalue weighted by molar-refractivity contribution is -0.159. The Bertz CT molecular complexity index is 834. The highest BCUT2D eigenvalue weighted by atomic mass is 31.2. The van der Waals surface area contributed by atoms with Crippen LogP contribution in [0.1, 0.15) is 24.0 Å². The Morgan fingerprint density at radius 2 is 1.64 bits per heavy atom. The largest absolute Gasteiger partial charge is 0.392 e. The topological polar surface area (TPSA) is 81.7 Å². The molecule has 0 aromatic heterocycles. The van der Waals surface area contributed by atoms with E-state index in [1.54, 1.807) is 0 Å². The second-order valence-electron chi connectivity index (χ2n) is 6.82. The van der Waals surface area contributed by atoms with Gasteiger partial charge >= 0.3 is 11.9 Å². The highest BCUT2D eigenvalue weighted by Crippen LogP contribution is 2.51. The van der Waals surface area contributed by atoms with Crippen LogP contribution in [0.25, 0.3) is 0 Å². The van der Waals surface area contributed by atoms with Crippen molar-refractivity contribution in [2.24, 2.45) is 0 Å². The molecule has 0 spiro atoms. The molecule has 3 rings (SSSR count). The first-order valence-electron chi connectivity index (χ1n) is 9.32. The van der Waals surface area contributed by atoms with Crippen LogP contribution < -0.4 is 5.32 Å². The van der Waals surface area contributed by atoms with Crippen LogP contribution in [0.5, 0.6) is 0 Å². The fourth-order valence-corrected chi connectivity index (χ4v) is 4.98. The second kappa shape index (κ2) is 9.78. The van der Waals surface area contributed by atoms with Crippen LogP contribution in [0.2, 0.25) is 0 Å². The molecule has 2 atom stereocenters. The van der Waals surface area contributed by atoms with E-state index in [2.05, 4.69) is 5.32 Å². The number of carbonyl (C=O) groups is 2. The summed E-state index contributed by atoms with van der Waals surface area (Å²) < 4.78 is 24.1. The number of rotatable bonds is 8. The molecular formula is C21H24NO5P. The molecular weight excluding hydrogens is 377 g/mol. The Balaban J connectivity index is 1.66. The monoisotopic (exact) mass is 401 g/mol. The van der Waals surface area contributed by atoms with E-state index in [0.29, 0.717) is 6.42 Å². The van der Waals surface area contributed by atoms with E-state index in [0.717, 1.165) is 24.1 Å². The summed E-state index contributed by atoms with van der Waals surface area (Å²) in [5.74, 6) is -1.43. The number of esters is 2. The molecule has 28 heavy (non-hydrogen) atoms. The quantitative estimate of drug-likeness (QED) is 0.414. The molecule has 2 aromatic carbocycles. The molecule has 6 nitrogen and oxygen atoms in total. The van der Waals surface area contributed by atoms with Gasteiger partial charge in [-0.3, -0.25) is 9.36 Å². The summed E-state index contributed by atoms with van der Waals surface area (Å²) in [6, 6.07) is 18.1. The Labute approximate surface area is 164 Å². The van der Waals surface area contributed by atoms with Gasteiger partial charge in [-0.05, 0) is 30.5 Å². The fourth-order valence-electron chi connectivity index (χ4n) is 3.07. The third kappa shape index (κ3) is 6.13. The van der Waals surface area contributed by atoms with E-state index in [9.17, 15) is 14.2 Å². The third-order valence-corrected chi connectivity index (χ3v) is 6.69. The lowest BCUT2D eigenvalue weighted by atomic mass is 10.2. The predicted octanol–water partition coefficient (Wildman–Crippen LogP) is 3.50. The number of benzene rings is 2. The van der Waals surface area contributed by atoms with Gasteiger partial charge in [-0.2, -0.15) is 0 Å². The van der Waals surface area contributed by atoms with Gasteiger partial charge in [-0.1, -0.05) is 60.7 Å². The highest BCUT2D eigenvalue weighted by Gasteiger charge is 2.32. The number of ether oxygens (including phenoxy) is 1. The molecule has 0 aliphatic carbocycles. The van der Waals surface area contributed by atoms with Crippen LogP contribution in [0.15, 0.2) is 60.7 Å². The summed E-state index contributed by atoms with van der Waals surface area (Å²) >= 11 is 0. The van der Waals surface area contributed by atoms with Crippen LogP contribution in [0, 0.1) is 0 Å². The van der Waals surface area contributed by atoms with Crippen molar-refractivity contribution in [3.05, 3.63) is 71.8 Å². The SMILES string of the molecule is O=C(CP(=O)(Cc1ccccc1)OCc1ccccc1)OC(=O)[C@@H]1CCCN1. The Morgan fingerprint density at radius 3 is 2.25 bits per heavy atom. The van der Waals surface area contributed by atoms with Crippen molar-refractivity contribution in [3.63, 3.8) is 0 Å². The van der Waals surface area contributed by atoms with E-state index >= 15 is 0 Å². The van der Waals surface area contributed by atoms with Crippen LogP contribution in [-0.4, -0.2) is 30.7 Å². The van der Waals surface area contributed by atoms with Crippen molar-refractivity contribution in [1.29, 1.82) is 0 Å². The maximum absolute atomic E-state index is 13.4. The molecule has 0 amide bonds. The average Bonchev–Trinajstić information content (AvgIpc) is 3.23. The van der Waals surface area contributed by atoms with Gasteiger partial charge in [0, 0.05) is 0 Å². The van der Waals surface area contributed by atoms with Crippen molar-refractivity contribution in [1.82, 2.24) is 5.32 Å². The van der Waals surface area contributed by atoms with Crippen LogP contribution in [0.3, 0.4) is 0 Å². The first-order chi connectivity index (χ1) is 13.5. The van der Waals surface area contributed by atoms with E-state index < -0.39 is 31.5 Å².